The molecule has 0 bridgehead atoms. The molecule has 0 atom stereocenters. The quantitative estimate of drug-likeness (QED) is 0.545. The van der Waals surface area contributed by atoms with E-state index >= 15 is 0 Å². The van der Waals surface area contributed by atoms with E-state index in [-0.39, 0.29) is 18.0 Å². The second kappa shape index (κ2) is 7.50. The van der Waals surface area contributed by atoms with Crippen LogP contribution in [0.15, 0.2) is 58.8 Å². The molecule has 0 aliphatic heterocycles. The van der Waals surface area contributed by atoms with Crippen LogP contribution in [-0.4, -0.2) is 36.8 Å². The van der Waals surface area contributed by atoms with Gasteiger partial charge in [0.05, 0.1) is 4.88 Å². The average Bonchev–Trinajstić information content (AvgIpc) is 3.34. The predicted octanol–water partition coefficient (Wildman–Crippen LogP) is 1.37. The minimum Gasteiger partial charge on any atom is -0.354 e. The molecule has 0 aliphatic carbocycles. The third kappa shape index (κ3) is 3.77. The van der Waals surface area contributed by atoms with Gasteiger partial charge in [-0.3, -0.25) is 14.0 Å². The summed E-state index contributed by atoms with van der Waals surface area (Å²) in [6, 6.07) is 12.6. The van der Waals surface area contributed by atoms with Crippen LogP contribution in [0.4, 0.5) is 0 Å². The smallest absolute Gasteiger partial charge is 0.267 e. The average molecular weight is 380 g/mol. The molecule has 136 valence electrons. The summed E-state index contributed by atoms with van der Waals surface area (Å²) in [5.74, 6) is 0.489. The molecule has 0 aromatic carbocycles. The van der Waals surface area contributed by atoms with Crippen molar-refractivity contribution in [2.24, 2.45) is 0 Å². The van der Waals surface area contributed by atoms with Crippen molar-refractivity contribution in [2.75, 3.05) is 6.54 Å². The number of hydrogen-bond acceptors (Lipinski definition) is 6. The number of aromatic nitrogens is 5. The molecule has 0 fully saturated rings. The molecule has 0 aliphatic rings. The third-order valence-corrected chi connectivity index (χ3v) is 4.88. The van der Waals surface area contributed by atoms with Gasteiger partial charge in [-0.05, 0) is 29.6 Å². The Hall–Kier alpha value is -3.33. The largest absolute Gasteiger partial charge is 0.354 e. The summed E-state index contributed by atoms with van der Waals surface area (Å²) in [7, 11) is 0. The first kappa shape index (κ1) is 17.1. The first-order valence-electron chi connectivity index (χ1n) is 8.38. The zero-order chi connectivity index (χ0) is 18.6. The topological polar surface area (TPSA) is 94.2 Å². The van der Waals surface area contributed by atoms with Gasteiger partial charge < -0.3 is 5.32 Å². The van der Waals surface area contributed by atoms with E-state index in [4.69, 9.17) is 0 Å². The molecule has 0 saturated carbocycles. The fourth-order valence-electron chi connectivity index (χ4n) is 2.68. The minimum absolute atomic E-state index is 0.126. The number of nitrogens with one attached hydrogen (secondary N) is 1. The van der Waals surface area contributed by atoms with E-state index in [9.17, 15) is 9.59 Å². The number of carbonyl (C=O) groups is 1. The third-order valence-electron chi connectivity index (χ3n) is 3.99. The Labute approximate surface area is 158 Å². The van der Waals surface area contributed by atoms with Crippen molar-refractivity contribution < 1.29 is 4.79 Å². The number of hydrogen-bond donors (Lipinski definition) is 1. The zero-order valence-corrected chi connectivity index (χ0v) is 15.1. The molecule has 0 spiro atoms. The minimum atomic E-state index is -0.311. The van der Waals surface area contributed by atoms with Crippen LogP contribution < -0.4 is 10.9 Å². The van der Waals surface area contributed by atoms with E-state index in [1.807, 2.05) is 46.3 Å². The standard InChI is InChI=1S/C18H16N6O2S/c25-17(19-9-8-16-21-20-15-5-1-2-10-23(15)16)12-24-18(26)7-6-13(22-24)14-4-3-11-27-14/h1-7,10-11H,8-9,12H2,(H,19,25). The molecule has 4 aromatic rings. The van der Waals surface area contributed by atoms with E-state index in [0.717, 1.165) is 16.3 Å². The van der Waals surface area contributed by atoms with Crippen molar-refractivity contribution in [3.8, 4) is 10.6 Å². The number of thiophene rings is 1. The number of pyridine rings is 1. The van der Waals surface area contributed by atoms with Gasteiger partial charge in [-0.25, -0.2) is 4.68 Å². The highest BCUT2D eigenvalue weighted by Crippen LogP contribution is 2.20. The monoisotopic (exact) mass is 380 g/mol. The Bertz CT molecular complexity index is 1130. The van der Waals surface area contributed by atoms with Crippen molar-refractivity contribution in [3.63, 3.8) is 0 Å². The summed E-state index contributed by atoms with van der Waals surface area (Å²) in [5, 5.41) is 17.2. The second-order valence-electron chi connectivity index (χ2n) is 5.84. The first-order chi connectivity index (χ1) is 13.2. The maximum Gasteiger partial charge on any atom is 0.267 e. The van der Waals surface area contributed by atoms with Gasteiger partial charge in [0, 0.05) is 25.2 Å². The number of carbonyl (C=O) groups excluding carboxylic acids is 1. The molecule has 4 aromatic heterocycles. The van der Waals surface area contributed by atoms with Gasteiger partial charge in [-0.15, -0.1) is 21.5 Å². The van der Waals surface area contributed by atoms with Gasteiger partial charge in [-0.2, -0.15) is 5.10 Å². The molecule has 27 heavy (non-hydrogen) atoms. The number of fused-ring (bicyclic) bond motifs is 1. The Balaban J connectivity index is 1.38. The number of rotatable bonds is 6. The number of amides is 1. The van der Waals surface area contributed by atoms with Gasteiger partial charge in [-0.1, -0.05) is 12.1 Å². The van der Waals surface area contributed by atoms with Gasteiger partial charge >= 0.3 is 0 Å². The van der Waals surface area contributed by atoms with Crippen LogP contribution in [0, 0.1) is 0 Å². The highest BCUT2D eigenvalue weighted by molar-refractivity contribution is 7.13. The predicted molar refractivity (Wildman–Crippen MR) is 102 cm³/mol. The summed E-state index contributed by atoms with van der Waals surface area (Å²) in [5.41, 5.74) is 1.13. The number of nitrogens with zero attached hydrogens (tertiary/aromatic N) is 5. The maximum absolute atomic E-state index is 12.2. The summed E-state index contributed by atoms with van der Waals surface area (Å²) >= 11 is 1.53. The molecule has 1 N–H and O–H groups in total. The molecule has 9 heteroatoms. The normalized spacial score (nSPS) is 11.0. The van der Waals surface area contributed by atoms with E-state index < -0.39 is 0 Å². The first-order valence-corrected chi connectivity index (χ1v) is 9.26. The van der Waals surface area contributed by atoms with Crippen LogP contribution in [0.1, 0.15) is 5.82 Å². The molecule has 0 radical (unpaired) electrons. The Morgan fingerprint density at radius 2 is 2.04 bits per heavy atom. The molecule has 4 heterocycles. The van der Waals surface area contributed by atoms with Crippen molar-refractivity contribution in [1.29, 1.82) is 0 Å². The van der Waals surface area contributed by atoms with Gasteiger partial charge in [0.2, 0.25) is 5.91 Å². The highest BCUT2D eigenvalue weighted by atomic mass is 32.1. The summed E-state index contributed by atoms with van der Waals surface area (Å²) in [6.45, 7) is 0.270. The van der Waals surface area contributed by atoms with Gasteiger partial charge in [0.15, 0.2) is 5.65 Å². The lowest BCUT2D eigenvalue weighted by Crippen LogP contribution is -2.34. The highest BCUT2D eigenvalue weighted by Gasteiger charge is 2.09. The van der Waals surface area contributed by atoms with Gasteiger partial charge in [0.1, 0.15) is 18.1 Å². The molecule has 0 unspecified atom stereocenters. The summed E-state index contributed by atoms with van der Waals surface area (Å²) in [4.78, 5) is 25.1. The Morgan fingerprint density at radius 3 is 2.89 bits per heavy atom. The molecular weight excluding hydrogens is 364 g/mol. The van der Waals surface area contributed by atoms with Crippen LogP contribution >= 0.6 is 11.3 Å². The van der Waals surface area contributed by atoms with Gasteiger partial charge in [0.25, 0.3) is 5.56 Å². The van der Waals surface area contributed by atoms with E-state index in [1.54, 1.807) is 6.07 Å². The lowest BCUT2D eigenvalue weighted by molar-refractivity contribution is -0.121. The maximum atomic E-state index is 12.2. The fourth-order valence-corrected chi connectivity index (χ4v) is 3.38. The van der Waals surface area contributed by atoms with Crippen LogP contribution in [-0.2, 0) is 17.8 Å². The van der Waals surface area contributed by atoms with Crippen molar-refractivity contribution in [3.05, 3.63) is 70.2 Å². The van der Waals surface area contributed by atoms with E-state index in [2.05, 4.69) is 20.6 Å². The molecule has 0 saturated heterocycles. The van der Waals surface area contributed by atoms with Crippen molar-refractivity contribution >= 4 is 22.9 Å². The molecule has 8 nitrogen and oxygen atoms in total. The molecule has 4 rings (SSSR count). The molecule has 1 amide bonds. The lowest BCUT2D eigenvalue weighted by atomic mass is 10.3. The van der Waals surface area contributed by atoms with Crippen molar-refractivity contribution in [1.82, 2.24) is 29.7 Å². The van der Waals surface area contributed by atoms with Crippen LogP contribution in [0.3, 0.4) is 0 Å². The van der Waals surface area contributed by atoms with E-state index in [0.29, 0.717) is 18.7 Å². The zero-order valence-electron chi connectivity index (χ0n) is 14.3. The van der Waals surface area contributed by atoms with Crippen LogP contribution in [0.2, 0.25) is 0 Å². The summed E-state index contributed by atoms with van der Waals surface area (Å²) in [6.07, 6.45) is 2.42. The summed E-state index contributed by atoms with van der Waals surface area (Å²) < 4.78 is 3.06. The van der Waals surface area contributed by atoms with Crippen LogP contribution in [0.25, 0.3) is 16.2 Å². The second-order valence-corrected chi connectivity index (χ2v) is 6.78. The van der Waals surface area contributed by atoms with Crippen molar-refractivity contribution in [2.45, 2.75) is 13.0 Å². The fraction of sp³-hybridized carbons (Fsp3) is 0.167. The Morgan fingerprint density at radius 1 is 1.11 bits per heavy atom. The lowest BCUT2D eigenvalue weighted by Gasteiger charge is -2.07. The van der Waals surface area contributed by atoms with E-state index in [1.165, 1.54) is 22.1 Å². The van der Waals surface area contributed by atoms with Crippen LogP contribution in [0.5, 0.6) is 0 Å². The Kier molecular flexibility index (Phi) is 4.75. The molecular formula is C18H16N6O2S. The SMILES string of the molecule is O=C(Cn1nc(-c2cccs2)ccc1=O)NCCc1nnc2ccccn12.